The topological polar surface area (TPSA) is 81.0 Å². The highest BCUT2D eigenvalue weighted by molar-refractivity contribution is 5.73. The highest BCUT2D eigenvalue weighted by atomic mass is 16.4. The summed E-state index contributed by atoms with van der Waals surface area (Å²) >= 11 is 0. The second kappa shape index (κ2) is 5.61. The van der Waals surface area contributed by atoms with Gasteiger partial charge in [0, 0.05) is 6.54 Å². The van der Waals surface area contributed by atoms with Gasteiger partial charge in [0.05, 0.1) is 6.10 Å². The van der Waals surface area contributed by atoms with Crippen LogP contribution in [-0.4, -0.2) is 51.1 Å². The first-order valence-electron chi connectivity index (χ1n) is 5.83. The van der Waals surface area contributed by atoms with Crippen molar-refractivity contribution < 1.29 is 20.1 Å². The third-order valence-electron chi connectivity index (χ3n) is 3.45. The van der Waals surface area contributed by atoms with E-state index in [-0.39, 0.29) is 5.92 Å². The van der Waals surface area contributed by atoms with Crippen LogP contribution in [0.3, 0.4) is 0 Å². The van der Waals surface area contributed by atoms with Crippen LogP contribution in [0, 0.1) is 5.92 Å². The summed E-state index contributed by atoms with van der Waals surface area (Å²) in [5.41, 5.74) is 0. The molecule has 94 valence electrons. The number of aliphatic hydroxyl groups is 2. The van der Waals surface area contributed by atoms with Gasteiger partial charge in [0.1, 0.15) is 12.3 Å². The zero-order valence-corrected chi connectivity index (χ0v) is 9.83. The van der Waals surface area contributed by atoms with Crippen LogP contribution in [-0.2, 0) is 4.79 Å². The van der Waals surface area contributed by atoms with Gasteiger partial charge in [-0.25, -0.2) is 0 Å². The molecule has 1 heterocycles. The Bertz CT molecular complexity index is 246. The number of carboxylic acid groups (broad SMARTS) is 1. The van der Waals surface area contributed by atoms with E-state index in [1.807, 2.05) is 13.8 Å². The van der Waals surface area contributed by atoms with Crippen molar-refractivity contribution in [1.29, 1.82) is 0 Å². The minimum atomic E-state index is -1.07. The van der Waals surface area contributed by atoms with Gasteiger partial charge in [-0.15, -0.1) is 0 Å². The molecule has 1 aliphatic rings. The fourth-order valence-corrected chi connectivity index (χ4v) is 2.10. The lowest BCUT2D eigenvalue weighted by molar-refractivity contribution is -0.153. The van der Waals surface area contributed by atoms with Crippen molar-refractivity contribution in [2.24, 2.45) is 5.92 Å². The molecule has 0 aromatic heterocycles. The van der Waals surface area contributed by atoms with Crippen LogP contribution in [0.15, 0.2) is 0 Å². The number of aliphatic hydroxyl groups excluding tert-OH is 2. The van der Waals surface area contributed by atoms with Gasteiger partial charge < -0.3 is 15.3 Å². The first kappa shape index (κ1) is 13.4. The largest absolute Gasteiger partial charge is 0.480 e. The van der Waals surface area contributed by atoms with Crippen molar-refractivity contribution in [3.8, 4) is 0 Å². The van der Waals surface area contributed by atoms with Crippen LogP contribution in [0.1, 0.15) is 33.1 Å². The molecule has 1 aliphatic heterocycles. The van der Waals surface area contributed by atoms with Gasteiger partial charge in [-0.3, -0.25) is 9.69 Å². The number of rotatable bonds is 5. The van der Waals surface area contributed by atoms with E-state index in [2.05, 4.69) is 0 Å². The highest BCUT2D eigenvalue weighted by Gasteiger charge is 2.38. The van der Waals surface area contributed by atoms with E-state index in [0.717, 1.165) is 12.8 Å². The zero-order valence-electron chi connectivity index (χ0n) is 9.83. The van der Waals surface area contributed by atoms with E-state index in [9.17, 15) is 15.0 Å². The highest BCUT2D eigenvalue weighted by Crippen LogP contribution is 2.23. The van der Waals surface area contributed by atoms with Crippen molar-refractivity contribution in [2.75, 3.05) is 6.54 Å². The maximum absolute atomic E-state index is 10.9. The third kappa shape index (κ3) is 2.72. The first-order chi connectivity index (χ1) is 7.49. The molecule has 1 fully saturated rings. The van der Waals surface area contributed by atoms with E-state index in [4.69, 9.17) is 5.11 Å². The fraction of sp³-hybridized carbons (Fsp3) is 0.909. The van der Waals surface area contributed by atoms with E-state index in [1.165, 1.54) is 4.90 Å². The smallest absolute Gasteiger partial charge is 0.320 e. The average Bonchev–Trinajstić information content (AvgIpc) is 2.74. The number of nitrogens with zero attached hydrogens (tertiary/aromatic N) is 1. The zero-order chi connectivity index (χ0) is 12.3. The van der Waals surface area contributed by atoms with Gasteiger partial charge in [0.15, 0.2) is 0 Å². The number of aliphatic carboxylic acids is 1. The molecule has 0 radical (unpaired) electrons. The molecule has 0 aliphatic carbocycles. The molecule has 1 unspecified atom stereocenters. The maximum atomic E-state index is 10.9. The molecule has 0 aromatic rings. The van der Waals surface area contributed by atoms with E-state index in [1.54, 1.807) is 0 Å². The molecule has 1 rings (SSSR count). The van der Waals surface area contributed by atoms with E-state index < -0.39 is 24.3 Å². The minimum absolute atomic E-state index is 0.0370. The molecule has 5 nitrogen and oxygen atoms in total. The summed E-state index contributed by atoms with van der Waals surface area (Å²) in [5.74, 6) is -0.960. The lowest BCUT2D eigenvalue weighted by atomic mass is 10.00. The van der Waals surface area contributed by atoms with Crippen molar-refractivity contribution in [2.45, 2.75) is 51.5 Å². The number of hydrogen-bond acceptors (Lipinski definition) is 4. The van der Waals surface area contributed by atoms with E-state index >= 15 is 0 Å². The summed E-state index contributed by atoms with van der Waals surface area (Å²) in [4.78, 5) is 12.4. The summed E-state index contributed by atoms with van der Waals surface area (Å²) in [6.07, 6.45) is 0.0912. The van der Waals surface area contributed by atoms with Gasteiger partial charge in [0.25, 0.3) is 0 Å². The minimum Gasteiger partial charge on any atom is -0.480 e. The Labute approximate surface area is 95.7 Å². The summed E-state index contributed by atoms with van der Waals surface area (Å²) < 4.78 is 0. The molecule has 0 aromatic carbocycles. The number of carboxylic acids is 1. The van der Waals surface area contributed by atoms with Crippen molar-refractivity contribution >= 4 is 5.97 Å². The Morgan fingerprint density at radius 3 is 2.62 bits per heavy atom. The standard InChI is InChI=1S/C11H21NO4/c1-3-7(2)9(13)10(14)12-6-4-5-8(12)11(15)16/h7-10,13-14H,3-6H2,1-2H3,(H,15,16)/t7-,8?,9-,10-/m0/s1. The molecule has 4 atom stereocenters. The average molecular weight is 231 g/mol. The second-order valence-electron chi connectivity index (χ2n) is 4.52. The molecule has 0 amide bonds. The lowest BCUT2D eigenvalue weighted by Gasteiger charge is -2.32. The summed E-state index contributed by atoms with van der Waals surface area (Å²) in [6.45, 7) is 4.31. The van der Waals surface area contributed by atoms with Crippen LogP contribution in [0.5, 0.6) is 0 Å². The Morgan fingerprint density at radius 2 is 2.12 bits per heavy atom. The van der Waals surface area contributed by atoms with Gasteiger partial charge in [-0.05, 0) is 18.8 Å². The van der Waals surface area contributed by atoms with Crippen LogP contribution in [0.25, 0.3) is 0 Å². The van der Waals surface area contributed by atoms with Gasteiger partial charge >= 0.3 is 5.97 Å². The van der Waals surface area contributed by atoms with Crippen LogP contribution < -0.4 is 0 Å². The predicted molar refractivity (Wildman–Crippen MR) is 58.8 cm³/mol. The van der Waals surface area contributed by atoms with E-state index in [0.29, 0.717) is 13.0 Å². The Hall–Kier alpha value is -0.650. The van der Waals surface area contributed by atoms with Crippen LogP contribution in [0.2, 0.25) is 0 Å². The first-order valence-corrected chi connectivity index (χ1v) is 5.83. The van der Waals surface area contributed by atoms with Crippen LogP contribution >= 0.6 is 0 Å². The predicted octanol–water partition coefficient (Wildman–Crippen LogP) is 0.261. The Morgan fingerprint density at radius 1 is 1.50 bits per heavy atom. The maximum Gasteiger partial charge on any atom is 0.320 e. The Kier molecular flexibility index (Phi) is 4.70. The molecular formula is C11H21NO4. The molecule has 16 heavy (non-hydrogen) atoms. The molecule has 0 saturated carbocycles. The normalized spacial score (nSPS) is 27.6. The monoisotopic (exact) mass is 231 g/mol. The Balaban J connectivity index is 2.65. The molecular weight excluding hydrogens is 210 g/mol. The number of carbonyl (C=O) groups is 1. The van der Waals surface area contributed by atoms with Crippen LogP contribution in [0.4, 0.5) is 0 Å². The van der Waals surface area contributed by atoms with Gasteiger partial charge in [0.2, 0.25) is 0 Å². The summed E-state index contributed by atoms with van der Waals surface area (Å²) in [6, 6.07) is -0.659. The SMILES string of the molecule is CC[C@H](C)[C@H](O)[C@H](O)N1CCCC1C(=O)O. The number of likely N-dealkylation sites (tertiary alicyclic amines) is 1. The molecule has 3 N–H and O–H groups in total. The quantitative estimate of drug-likeness (QED) is 0.632. The third-order valence-corrected chi connectivity index (χ3v) is 3.45. The molecule has 0 bridgehead atoms. The molecule has 1 saturated heterocycles. The van der Waals surface area contributed by atoms with Crippen molar-refractivity contribution in [1.82, 2.24) is 4.90 Å². The molecule has 0 spiro atoms. The van der Waals surface area contributed by atoms with Crippen molar-refractivity contribution in [3.63, 3.8) is 0 Å². The fourth-order valence-electron chi connectivity index (χ4n) is 2.10. The number of hydrogen-bond donors (Lipinski definition) is 3. The summed E-state index contributed by atoms with van der Waals surface area (Å²) in [5, 5.41) is 28.8. The van der Waals surface area contributed by atoms with Crippen molar-refractivity contribution in [3.05, 3.63) is 0 Å². The van der Waals surface area contributed by atoms with Gasteiger partial charge in [-0.1, -0.05) is 20.3 Å². The van der Waals surface area contributed by atoms with Gasteiger partial charge in [-0.2, -0.15) is 0 Å². The molecule has 5 heteroatoms. The lowest BCUT2D eigenvalue weighted by Crippen LogP contribution is -2.50. The summed E-state index contributed by atoms with van der Waals surface area (Å²) in [7, 11) is 0. The second-order valence-corrected chi connectivity index (χ2v) is 4.52.